The van der Waals surface area contributed by atoms with Gasteiger partial charge in [-0.05, 0) is 43.7 Å². The highest BCUT2D eigenvalue weighted by Gasteiger charge is 2.21. The van der Waals surface area contributed by atoms with E-state index in [4.69, 9.17) is 26.9 Å². The van der Waals surface area contributed by atoms with Crippen molar-refractivity contribution in [3.63, 3.8) is 0 Å². The number of rotatable bonds is 4. The number of nitrogens with one attached hydrogen (secondary N) is 1. The molecular weight excluding hydrogens is 409 g/mol. The second kappa shape index (κ2) is 9.94. The predicted molar refractivity (Wildman–Crippen MR) is 123 cm³/mol. The highest BCUT2D eigenvalue weighted by Crippen LogP contribution is 2.35. The summed E-state index contributed by atoms with van der Waals surface area (Å²) >= 11 is 0. The maximum absolute atomic E-state index is 14.1. The SMILES string of the molecule is CCN/C1=C(\CN)CC(C(C#N)=CN)=Nc2ccc(F)cc2C(C)Oc2cc1cnc2N. The van der Waals surface area contributed by atoms with Crippen molar-refractivity contribution >= 4 is 22.9 Å². The average molecular weight is 436 g/mol. The molecule has 166 valence electrons. The van der Waals surface area contributed by atoms with Crippen LogP contribution in [0.3, 0.4) is 0 Å². The van der Waals surface area contributed by atoms with Crippen LogP contribution in [0.2, 0.25) is 0 Å². The van der Waals surface area contributed by atoms with E-state index >= 15 is 0 Å². The number of halogens is 1. The molecule has 1 aliphatic heterocycles. The van der Waals surface area contributed by atoms with E-state index in [1.165, 1.54) is 24.4 Å². The van der Waals surface area contributed by atoms with Crippen LogP contribution >= 0.6 is 0 Å². The van der Waals surface area contributed by atoms with E-state index in [1.54, 1.807) is 19.2 Å². The largest absolute Gasteiger partial charge is 0.482 e. The third kappa shape index (κ3) is 4.71. The number of hydrogen-bond donors (Lipinski definition) is 4. The van der Waals surface area contributed by atoms with Crippen LogP contribution in [0, 0.1) is 17.1 Å². The fourth-order valence-electron chi connectivity index (χ4n) is 3.50. The smallest absolute Gasteiger partial charge is 0.166 e. The van der Waals surface area contributed by atoms with Gasteiger partial charge in [0.15, 0.2) is 11.6 Å². The van der Waals surface area contributed by atoms with Gasteiger partial charge in [0.2, 0.25) is 0 Å². The van der Waals surface area contributed by atoms with E-state index in [9.17, 15) is 9.65 Å². The maximum atomic E-state index is 14.1. The number of anilines is 1. The van der Waals surface area contributed by atoms with Crippen molar-refractivity contribution in [1.29, 1.82) is 5.26 Å². The number of nitriles is 1. The molecule has 1 unspecified atom stereocenters. The van der Waals surface area contributed by atoms with Crippen LogP contribution in [0.15, 0.2) is 52.8 Å². The van der Waals surface area contributed by atoms with Gasteiger partial charge in [0.05, 0.1) is 17.0 Å². The van der Waals surface area contributed by atoms with Gasteiger partial charge in [-0.1, -0.05) is 0 Å². The average Bonchev–Trinajstić information content (AvgIpc) is 2.78. The van der Waals surface area contributed by atoms with Crippen molar-refractivity contribution in [1.82, 2.24) is 10.3 Å². The Morgan fingerprint density at radius 3 is 2.84 bits per heavy atom. The molecule has 0 fully saturated rings. The van der Waals surface area contributed by atoms with Crippen LogP contribution in [0.1, 0.15) is 37.5 Å². The Kier molecular flexibility index (Phi) is 7.07. The Morgan fingerprint density at radius 2 is 2.19 bits per heavy atom. The van der Waals surface area contributed by atoms with E-state index in [0.717, 1.165) is 16.8 Å². The Hall–Kier alpha value is -3.90. The van der Waals surface area contributed by atoms with E-state index < -0.39 is 11.9 Å². The zero-order chi connectivity index (χ0) is 23.3. The molecule has 0 amide bonds. The van der Waals surface area contributed by atoms with Crippen molar-refractivity contribution in [3.05, 3.63) is 64.8 Å². The lowest BCUT2D eigenvalue weighted by Crippen LogP contribution is -2.20. The zero-order valence-electron chi connectivity index (χ0n) is 18.0. The van der Waals surface area contributed by atoms with Crippen LogP contribution in [0.5, 0.6) is 5.75 Å². The summed E-state index contributed by atoms with van der Waals surface area (Å²) in [6.45, 7) is 4.55. The molecule has 8 nitrogen and oxygen atoms in total. The second-order valence-corrected chi connectivity index (χ2v) is 7.21. The van der Waals surface area contributed by atoms with Crippen molar-refractivity contribution in [2.24, 2.45) is 16.5 Å². The quantitative estimate of drug-likeness (QED) is 0.539. The molecule has 2 heterocycles. The topological polar surface area (TPSA) is 148 Å². The number of ether oxygens (including phenoxy) is 1. The molecule has 9 heteroatoms. The number of fused-ring (bicyclic) bond motifs is 3. The molecule has 0 saturated heterocycles. The monoisotopic (exact) mass is 435 g/mol. The fraction of sp³-hybridized carbons (Fsp3) is 0.261. The van der Waals surface area contributed by atoms with Gasteiger partial charge in [-0.15, -0.1) is 0 Å². The summed E-state index contributed by atoms with van der Waals surface area (Å²) in [5.41, 5.74) is 21.7. The number of pyridine rings is 1. The molecule has 0 spiro atoms. The lowest BCUT2D eigenvalue weighted by Gasteiger charge is -2.22. The van der Waals surface area contributed by atoms with E-state index in [2.05, 4.69) is 16.4 Å². The molecule has 1 atom stereocenters. The summed E-state index contributed by atoms with van der Waals surface area (Å²) in [6, 6.07) is 8.04. The Bertz CT molecular complexity index is 1150. The third-order valence-corrected chi connectivity index (χ3v) is 5.09. The Balaban J connectivity index is 2.35. The normalized spacial score (nSPS) is 18.9. The molecular formula is C23H26FN7O. The van der Waals surface area contributed by atoms with Gasteiger partial charge in [-0.25, -0.2) is 9.37 Å². The first-order valence-corrected chi connectivity index (χ1v) is 10.2. The molecule has 1 aliphatic rings. The van der Waals surface area contributed by atoms with Gasteiger partial charge in [0.25, 0.3) is 0 Å². The van der Waals surface area contributed by atoms with Crippen molar-refractivity contribution in [3.8, 4) is 11.8 Å². The minimum atomic E-state index is -0.600. The predicted octanol–water partition coefficient (Wildman–Crippen LogP) is 3.06. The summed E-state index contributed by atoms with van der Waals surface area (Å²) in [5, 5.41) is 13.0. The molecule has 1 aromatic heterocycles. The molecule has 3 rings (SSSR count). The minimum Gasteiger partial charge on any atom is -0.482 e. The first-order chi connectivity index (χ1) is 15.4. The number of hydrogen-bond acceptors (Lipinski definition) is 8. The third-order valence-electron chi connectivity index (χ3n) is 5.09. The Morgan fingerprint density at radius 1 is 1.41 bits per heavy atom. The van der Waals surface area contributed by atoms with E-state index in [1.807, 2.05) is 6.92 Å². The lowest BCUT2D eigenvalue weighted by atomic mass is 9.98. The first kappa shape index (κ1) is 22.8. The highest BCUT2D eigenvalue weighted by atomic mass is 19.1. The standard InChI is InChI=1S/C23H26FN7O/c1-3-29-22-14(9-25)6-20(16(10-26)11-27)31-19-5-4-17(24)8-18(19)13(2)32-21-7-15(22)12-30-23(21)28/h4-5,7-8,10,12-13,29H,3,6,9,25-26H2,1-2H3,(H2,28,30)/b16-10?,22-14-,31-20?. The zero-order valence-corrected chi connectivity index (χ0v) is 18.0. The van der Waals surface area contributed by atoms with E-state index in [0.29, 0.717) is 29.3 Å². The molecule has 0 aliphatic carbocycles. The molecule has 32 heavy (non-hydrogen) atoms. The van der Waals surface area contributed by atoms with E-state index in [-0.39, 0.29) is 24.4 Å². The summed E-state index contributed by atoms with van der Waals surface area (Å²) in [4.78, 5) is 8.97. The maximum Gasteiger partial charge on any atom is 0.166 e. The molecule has 0 radical (unpaired) electrons. The minimum absolute atomic E-state index is 0.192. The number of nitrogens with two attached hydrogens (primary N) is 3. The van der Waals surface area contributed by atoms with Crippen LogP contribution in [0.4, 0.5) is 15.9 Å². The lowest BCUT2D eigenvalue weighted by molar-refractivity contribution is 0.227. The summed E-state index contributed by atoms with van der Waals surface area (Å²) in [6.07, 6.45) is 2.48. The number of nitrogens with zero attached hydrogens (tertiary/aromatic N) is 3. The van der Waals surface area contributed by atoms with Gasteiger partial charge in [-0.2, -0.15) is 5.26 Å². The fourth-order valence-corrected chi connectivity index (χ4v) is 3.50. The molecule has 2 aromatic rings. The molecule has 2 bridgehead atoms. The number of allylic oxidation sites excluding steroid dienone is 1. The van der Waals surface area contributed by atoms with Crippen LogP contribution < -0.4 is 27.3 Å². The van der Waals surface area contributed by atoms with Crippen molar-refractivity contribution < 1.29 is 9.13 Å². The number of nitrogen functional groups attached to an aromatic ring is 1. The van der Waals surface area contributed by atoms with Gasteiger partial charge in [-0.3, -0.25) is 4.99 Å². The summed E-state index contributed by atoms with van der Waals surface area (Å²) in [7, 11) is 0. The first-order valence-electron chi connectivity index (χ1n) is 10.2. The second-order valence-electron chi connectivity index (χ2n) is 7.21. The van der Waals surface area contributed by atoms with Gasteiger partial charge in [0, 0.05) is 48.7 Å². The van der Waals surface area contributed by atoms with Crippen LogP contribution in [0.25, 0.3) is 5.70 Å². The van der Waals surface area contributed by atoms with Crippen LogP contribution in [-0.4, -0.2) is 23.8 Å². The number of benzene rings is 1. The summed E-state index contributed by atoms with van der Waals surface area (Å²) in [5.74, 6) is 0.138. The molecule has 7 N–H and O–H groups in total. The van der Waals surface area contributed by atoms with Gasteiger partial charge in [0.1, 0.15) is 18.0 Å². The molecule has 1 aromatic carbocycles. The van der Waals surface area contributed by atoms with Crippen molar-refractivity contribution in [2.75, 3.05) is 18.8 Å². The highest BCUT2D eigenvalue weighted by molar-refractivity contribution is 6.06. The number of aromatic nitrogens is 1. The van der Waals surface area contributed by atoms with Gasteiger partial charge < -0.3 is 27.3 Å². The molecule has 0 saturated carbocycles. The number of aliphatic imine (C=N–C) groups is 1. The summed E-state index contributed by atoms with van der Waals surface area (Å²) < 4.78 is 20.2. The van der Waals surface area contributed by atoms with Crippen molar-refractivity contribution in [2.45, 2.75) is 26.4 Å². The Labute approximate surface area is 186 Å². The van der Waals surface area contributed by atoms with Crippen LogP contribution in [-0.2, 0) is 0 Å². The van der Waals surface area contributed by atoms with Gasteiger partial charge >= 0.3 is 0 Å².